The Morgan fingerprint density at radius 3 is 2.83 bits per heavy atom. The summed E-state index contributed by atoms with van der Waals surface area (Å²) in [4.78, 5) is 32.1. The molecule has 5 rings (SSSR count). The number of aliphatic hydroxyl groups is 1. The van der Waals surface area contributed by atoms with Crippen LogP contribution in [0, 0.1) is 6.92 Å². The van der Waals surface area contributed by atoms with Crippen molar-refractivity contribution in [1.29, 1.82) is 0 Å². The first-order valence-corrected chi connectivity index (χ1v) is 12.1. The quantitative estimate of drug-likeness (QED) is 0.438. The number of aryl methyl sites for hydroxylation is 1. The molecule has 2 amide bonds. The summed E-state index contributed by atoms with van der Waals surface area (Å²) in [6, 6.07) is 10.6. The number of ether oxygens (including phenoxy) is 2. The molecule has 1 fully saturated rings. The van der Waals surface area contributed by atoms with E-state index in [2.05, 4.69) is 10.3 Å². The first-order chi connectivity index (χ1) is 16.9. The van der Waals surface area contributed by atoms with E-state index in [0.29, 0.717) is 34.9 Å². The van der Waals surface area contributed by atoms with Crippen LogP contribution in [0.25, 0.3) is 21.1 Å². The molecule has 0 spiro atoms. The van der Waals surface area contributed by atoms with Crippen molar-refractivity contribution in [3.05, 3.63) is 53.2 Å². The molecule has 182 valence electrons. The van der Waals surface area contributed by atoms with Gasteiger partial charge in [0.05, 0.1) is 39.4 Å². The number of rotatable bonds is 5. The smallest absolute Gasteiger partial charge is 0.325 e. The van der Waals surface area contributed by atoms with Crippen molar-refractivity contribution in [3.63, 3.8) is 0 Å². The molecule has 0 saturated carbocycles. The second-order valence-corrected chi connectivity index (χ2v) is 9.57. The molecule has 1 saturated heterocycles. The van der Waals surface area contributed by atoms with Crippen molar-refractivity contribution in [2.24, 2.45) is 0 Å². The molecule has 2 atom stereocenters. The number of aliphatic hydroxyl groups excluding tert-OH is 1. The lowest BCUT2D eigenvalue weighted by Gasteiger charge is -2.21. The molecule has 4 aromatic rings. The van der Waals surface area contributed by atoms with Gasteiger partial charge < -0.3 is 24.8 Å². The zero-order valence-electron chi connectivity index (χ0n) is 19.6. The molecule has 3 aromatic heterocycles. The summed E-state index contributed by atoms with van der Waals surface area (Å²) in [7, 11) is 3.22. The van der Waals surface area contributed by atoms with Gasteiger partial charge in [-0.2, -0.15) is 0 Å². The lowest BCUT2D eigenvalue weighted by Crippen LogP contribution is -2.37. The first kappa shape index (κ1) is 23.3. The van der Waals surface area contributed by atoms with E-state index in [4.69, 9.17) is 9.47 Å². The van der Waals surface area contributed by atoms with Gasteiger partial charge in [0.2, 0.25) is 0 Å². The molecular formula is C25H26N4O5S. The van der Waals surface area contributed by atoms with E-state index in [9.17, 15) is 14.7 Å². The minimum Gasteiger partial charge on any atom is -0.456 e. The highest BCUT2D eigenvalue weighted by Crippen LogP contribution is 2.37. The van der Waals surface area contributed by atoms with Crippen LogP contribution >= 0.6 is 11.3 Å². The van der Waals surface area contributed by atoms with Gasteiger partial charge in [0, 0.05) is 44.0 Å². The van der Waals surface area contributed by atoms with Crippen LogP contribution in [0.5, 0.6) is 11.5 Å². The Balaban J connectivity index is 1.44. The highest BCUT2D eigenvalue weighted by molar-refractivity contribution is 7.21. The van der Waals surface area contributed by atoms with Gasteiger partial charge >= 0.3 is 6.03 Å². The predicted octanol–water partition coefficient (Wildman–Crippen LogP) is 3.76. The van der Waals surface area contributed by atoms with E-state index in [-0.39, 0.29) is 30.7 Å². The highest BCUT2D eigenvalue weighted by Gasteiger charge is 2.36. The third-order valence-electron chi connectivity index (χ3n) is 6.37. The second-order valence-electron chi connectivity index (χ2n) is 8.52. The zero-order valence-corrected chi connectivity index (χ0v) is 20.5. The third kappa shape index (κ3) is 4.13. The van der Waals surface area contributed by atoms with Crippen LogP contribution in [0.2, 0.25) is 0 Å². The average Bonchev–Trinajstić information content (AvgIpc) is 3.57. The fraction of sp³-hybridized carbons (Fsp3) is 0.320. The highest BCUT2D eigenvalue weighted by atomic mass is 32.1. The maximum atomic E-state index is 13.2. The Kier molecular flexibility index (Phi) is 6.18. The molecule has 9 nitrogen and oxygen atoms in total. The van der Waals surface area contributed by atoms with Crippen LogP contribution in [0.3, 0.4) is 0 Å². The topological polar surface area (TPSA) is 106 Å². The van der Waals surface area contributed by atoms with E-state index in [1.165, 1.54) is 11.3 Å². The Labute approximate surface area is 205 Å². The fourth-order valence-corrected chi connectivity index (χ4v) is 5.63. The fourth-order valence-electron chi connectivity index (χ4n) is 4.61. The first-order valence-electron chi connectivity index (χ1n) is 11.3. The number of amides is 2. The van der Waals surface area contributed by atoms with Crippen molar-refractivity contribution < 1.29 is 24.2 Å². The molecule has 1 aromatic carbocycles. The minimum absolute atomic E-state index is 0.0840. The molecule has 35 heavy (non-hydrogen) atoms. The van der Waals surface area contributed by atoms with Gasteiger partial charge in [-0.05, 0) is 43.7 Å². The van der Waals surface area contributed by atoms with Gasteiger partial charge in [-0.3, -0.25) is 14.3 Å². The van der Waals surface area contributed by atoms with Crippen LogP contribution in [0.4, 0.5) is 4.79 Å². The van der Waals surface area contributed by atoms with Crippen molar-refractivity contribution in [1.82, 2.24) is 19.8 Å². The van der Waals surface area contributed by atoms with Crippen LogP contribution in [-0.4, -0.2) is 71.0 Å². The maximum Gasteiger partial charge on any atom is 0.325 e. The number of hydrogen-bond acceptors (Lipinski definition) is 7. The maximum absolute atomic E-state index is 13.2. The monoisotopic (exact) mass is 494 g/mol. The van der Waals surface area contributed by atoms with E-state index in [1.54, 1.807) is 42.0 Å². The van der Waals surface area contributed by atoms with Crippen molar-refractivity contribution in [2.75, 3.05) is 27.3 Å². The summed E-state index contributed by atoms with van der Waals surface area (Å²) in [6.07, 6.45) is 2.18. The second kappa shape index (κ2) is 9.29. The average molecular weight is 495 g/mol. The number of nitrogens with one attached hydrogen (secondary N) is 1. The number of likely N-dealkylation sites (tertiary alicyclic amines) is 1. The third-order valence-corrected chi connectivity index (χ3v) is 7.50. The number of carbonyl (C=O) groups is 2. The van der Waals surface area contributed by atoms with Crippen molar-refractivity contribution >= 4 is 44.4 Å². The van der Waals surface area contributed by atoms with Crippen molar-refractivity contribution in [2.45, 2.75) is 25.5 Å². The number of benzene rings is 1. The number of aromatic nitrogens is 2. The van der Waals surface area contributed by atoms with Crippen LogP contribution < -0.4 is 10.1 Å². The number of thiophene rings is 1. The molecule has 10 heteroatoms. The summed E-state index contributed by atoms with van der Waals surface area (Å²) >= 11 is 1.32. The molecule has 1 aliphatic rings. The number of fused-ring (bicyclic) bond motifs is 2. The SMILES string of the molecule is CNC(=O)n1c(C)cc2cc(Oc3ccnc4cc(C(=O)N5C[C@H](OC)C[C@H]5CO)sc34)ccc21. The predicted molar refractivity (Wildman–Crippen MR) is 134 cm³/mol. The Bertz CT molecular complexity index is 1430. The summed E-state index contributed by atoms with van der Waals surface area (Å²) in [6.45, 7) is 2.22. The summed E-state index contributed by atoms with van der Waals surface area (Å²) in [5, 5.41) is 13.3. The van der Waals surface area contributed by atoms with Gasteiger partial charge in [0.1, 0.15) is 11.5 Å². The standard InChI is InChI=1S/C25H26N4O5S/c1-14-8-15-9-17(4-5-20(15)29(14)25(32)26-2)34-21-6-7-27-19-11-22(35-23(19)21)24(31)28-12-18(33-3)10-16(28)13-30/h4-9,11,16,18,30H,10,12-13H2,1-3H3,(H,26,32)/t16-,18+/m0/s1. The number of pyridine rings is 1. The van der Waals surface area contributed by atoms with Crippen LogP contribution in [-0.2, 0) is 4.74 Å². The van der Waals surface area contributed by atoms with Gasteiger partial charge in [0.25, 0.3) is 5.91 Å². The zero-order chi connectivity index (χ0) is 24.7. The molecule has 0 aliphatic carbocycles. The normalized spacial score (nSPS) is 17.9. The minimum atomic E-state index is -0.265. The van der Waals surface area contributed by atoms with Crippen LogP contribution in [0.1, 0.15) is 21.8 Å². The van der Waals surface area contributed by atoms with Gasteiger partial charge in [-0.1, -0.05) is 0 Å². The lowest BCUT2D eigenvalue weighted by molar-refractivity contribution is 0.0652. The molecule has 1 aliphatic heterocycles. The summed E-state index contributed by atoms with van der Waals surface area (Å²) in [5.41, 5.74) is 2.28. The number of hydrogen-bond donors (Lipinski definition) is 2. The summed E-state index contributed by atoms with van der Waals surface area (Å²) in [5.74, 6) is 1.06. The summed E-state index contributed by atoms with van der Waals surface area (Å²) < 4.78 is 14.0. The molecule has 4 heterocycles. The molecule has 2 N–H and O–H groups in total. The van der Waals surface area contributed by atoms with Gasteiger partial charge in [-0.25, -0.2) is 4.79 Å². The molecular weight excluding hydrogens is 468 g/mol. The Hall–Kier alpha value is -3.47. The van der Waals surface area contributed by atoms with Gasteiger partial charge in [0.15, 0.2) is 0 Å². The largest absolute Gasteiger partial charge is 0.456 e. The van der Waals surface area contributed by atoms with Gasteiger partial charge in [-0.15, -0.1) is 11.3 Å². The molecule has 0 unspecified atom stereocenters. The number of nitrogens with zero attached hydrogens (tertiary/aromatic N) is 3. The Morgan fingerprint density at radius 1 is 1.26 bits per heavy atom. The lowest BCUT2D eigenvalue weighted by atomic mass is 10.2. The van der Waals surface area contributed by atoms with Crippen LogP contribution in [0.15, 0.2) is 42.6 Å². The molecule has 0 bridgehead atoms. The van der Waals surface area contributed by atoms with E-state index in [0.717, 1.165) is 21.3 Å². The van der Waals surface area contributed by atoms with E-state index in [1.807, 2.05) is 31.2 Å². The number of methoxy groups -OCH3 is 1. The molecule has 0 radical (unpaired) electrons. The van der Waals surface area contributed by atoms with E-state index < -0.39 is 0 Å². The number of carbonyl (C=O) groups excluding carboxylic acids is 2. The Morgan fingerprint density at radius 2 is 2.09 bits per heavy atom. The van der Waals surface area contributed by atoms with E-state index >= 15 is 0 Å². The van der Waals surface area contributed by atoms with Crippen molar-refractivity contribution in [3.8, 4) is 11.5 Å².